The number of carbonyl (C=O) groups excluding carboxylic acids is 1. The molecule has 0 saturated carbocycles. The zero-order chi connectivity index (χ0) is 23.8. The molecule has 0 aliphatic carbocycles. The molecule has 31 heavy (non-hydrogen) atoms. The molecule has 1 amide bonds. The Hall–Kier alpha value is -2.47. The third-order valence-corrected chi connectivity index (χ3v) is 4.13. The SMILES string of the molecule is CC.CC(N)=O.CCCCNC1CCOc2ccc(C)cc21.Cc1cc(F)cc(F)c1. The van der Waals surface area contributed by atoms with Gasteiger partial charge in [0.15, 0.2) is 0 Å². The molecule has 174 valence electrons. The molecule has 1 atom stereocenters. The van der Waals surface area contributed by atoms with Crippen LogP contribution < -0.4 is 15.8 Å². The predicted octanol–water partition coefficient (Wildman–Crippen LogP) is 6.00. The van der Waals surface area contributed by atoms with E-state index >= 15 is 0 Å². The molecule has 1 aliphatic rings. The monoisotopic (exact) mass is 436 g/mol. The van der Waals surface area contributed by atoms with Crippen molar-refractivity contribution in [3.8, 4) is 5.75 Å². The van der Waals surface area contributed by atoms with Gasteiger partial charge in [0.2, 0.25) is 5.91 Å². The average Bonchev–Trinajstić information content (AvgIpc) is 2.69. The van der Waals surface area contributed by atoms with E-state index in [4.69, 9.17) is 4.74 Å². The molecule has 1 unspecified atom stereocenters. The van der Waals surface area contributed by atoms with Crippen molar-refractivity contribution in [3.05, 3.63) is 64.7 Å². The average molecular weight is 437 g/mol. The van der Waals surface area contributed by atoms with Crippen molar-refractivity contribution in [3.63, 3.8) is 0 Å². The van der Waals surface area contributed by atoms with E-state index in [9.17, 15) is 13.6 Å². The minimum atomic E-state index is -0.521. The first-order valence-electron chi connectivity index (χ1n) is 10.9. The first kappa shape index (κ1) is 28.5. The summed E-state index contributed by atoms with van der Waals surface area (Å²) in [6.07, 6.45) is 3.58. The number of hydrogen-bond donors (Lipinski definition) is 2. The predicted molar refractivity (Wildman–Crippen MR) is 124 cm³/mol. The molecule has 0 saturated heterocycles. The van der Waals surface area contributed by atoms with E-state index in [-0.39, 0.29) is 5.91 Å². The van der Waals surface area contributed by atoms with Crippen molar-refractivity contribution in [2.75, 3.05) is 13.2 Å². The first-order chi connectivity index (χ1) is 14.7. The minimum absolute atomic E-state index is 0.333. The number of rotatable bonds is 4. The number of nitrogens with one attached hydrogen (secondary N) is 1. The quantitative estimate of drug-likeness (QED) is 0.578. The standard InChI is InChI=1S/C14H21NO.C7H6F2.C2H5NO.C2H6/c1-3-4-8-15-13-7-9-16-14-6-5-11(2)10-12(13)14;1-5-2-6(8)4-7(9)3-5;1-2(3)4;1-2/h5-6,10,13,15H,3-4,7-9H2,1-2H3;2-4H,1H3;1H3,(H2,3,4);1-2H3. The highest BCUT2D eigenvalue weighted by Gasteiger charge is 2.20. The van der Waals surface area contributed by atoms with Gasteiger partial charge in [-0.2, -0.15) is 0 Å². The highest BCUT2D eigenvalue weighted by atomic mass is 19.1. The van der Waals surface area contributed by atoms with Gasteiger partial charge in [-0.05, 0) is 50.6 Å². The zero-order valence-corrected chi connectivity index (χ0v) is 19.7. The molecule has 2 aromatic rings. The molecule has 0 fully saturated rings. The number of unbranched alkanes of at least 4 members (excludes halogenated alkanes) is 1. The molecule has 0 radical (unpaired) electrons. The summed E-state index contributed by atoms with van der Waals surface area (Å²) >= 11 is 0. The van der Waals surface area contributed by atoms with Crippen molar-refractivity contribution < 1.29 is 18.3 Å². The van der Waals surface area contributed by atoms with Gasteiger partial charge < -0.3 is 15.8 Å². The van der Waals surface area contributed by atoms with Crippen molar-refractivity contribution in [1.29, 1.82) is 0 Å². The largest absolute Gasteiger partial charge is 0.493 e. The minimum Gasteiger partial charge on any atom is -0.493 e. The van der Waals surface area contributed by atoms with E-state index in [1.54, 1.807) is 6.92 Å². The van der Waals surface area contributed by atoms with Gasteiger partial charge in [0.05, 0.1) is 6.61 Å². The topological polar surface area (TPSA) is 64.4 Å². The highest BCUT2D eigenvalue weighted by Crippen LogP contribution is 2.32. The molecule has 2 aromatic carbocycles. The summed E-state index contributed by atoms with van der Waals surface area (Å²) in [6, 6.07) is 10.4. The smallest absolute Gasteiger partial charge is 0.214 e. The van der Waals surface area contributed by atoms with Crippen LogP contribution in [0.4, 0.5) is 8.78 Å². The number of aryl methyl sites for hydroxylation is 2. The number of primary amides is 1. The van der Waals surface area contributed by atoms with Gasteiger partial charge >= 0.3 is 0 Å². The van der Waals surface area contributed by atoms with Crippen LogP contribution in [0.2, 0.25) is 0 Å². The molecule has 6 heteroatoms. The second-order valence-electron chi connectivity index (χ2n) is 7.10. The number of carbonyl (C=O) groups is 1. The van der Waals surface area contributed by atoms with E-state index in [0.29, 0.717) is 11.6 Å². The Balaban J connectivity index is 0.000000506. The van der Waals surface area contributed by atoms with Crippen LogP contribution in [0.5, 0.6) is 5.75 Å². The number of benzene rings is 2. The molecule has 3 N–H and O–H groups in total. The van der Waals surface area contributed by atoms with Crippen molar-refractivity contribution >= 4 is 5.91 Å². The molecule has 3 rings (SSSR count). The fourth-order valence-corrected chi connectivity index (χ4v) is 2.87. The van der Waals surface area contributed by atoms with Crippen molar-refractivity contribution in [2.45, 2.75) is 66.8 Å². The first-order valence-corrected chi connectivity index (χ1v) is 10.9. The lowest BCUT2D eigenvalue weighted by Gasteiger charge is -2.27. The lowest BCUT2D eigenvalue weighted by atomic mass is 9.98. The van der Waals surface area contributed by atoms with E-state index in [1.165, 1.54) is 43.0 Å². The van der Waals surface area contributed by atoms with Crippen molar-refractivity contribution in [2.24, 2.45) is 5.73 Å². The number of halogens is 2. The third-order valence-electron chi connectivity index (χ3n) is 4.13. The van der Waals surface area contributed by atoms with Crippen LogP contribution in [-0.4, -0.2) is 19.1 Å². The van der Waals surface area contributed by atoms with Crippen molar-refractivity contribution in [1.82, 2.24) is 5.32 Å². The van der Waals surface area contributed by atoms with Gasteiger partial charge in [-0.25, -0.2) is 8.78 Å². The van der Waals surface area contributed by atoms with Crippen LogP contribution in [0.3, 0.4) is 0 Å². The molecule has 1 heterocycles. The van der Waals surface area contributed by atoms with Gasteiger partial charge in [0, 0.05) is 31.0 Å². The lowest BCUT2D eigenvalue weighted by Crippen LogP contribution is -2.27. The Labute approximate surface area is 186 Å². The summed E-state index contributed by atoms with van der Waals surface area (Å²) in [7, 11) is 0. The molecule has 4 nitrogen and oxygen atoms in total. The Kier molecular flexibility index (Phi) is 15.0. The van der Waals surface area contributed by atoms with Crippen LogP contribution in [0.25, 0.3) is 0 Å². The third kappa shape index (κ3) is 12.7. The molecule has 0 aromatic heterocycles. The van der Waals surface area contributed by atoms with Gasteiger partial charge in [-0.3, -0.25) is 4.79 Å². The maximum absolute atomic E-state index is 12.2. The Bertz CT molecular complexity index is 728. The molecule has 1 aliphatic heterocycles. The summed E-state index contributed by atoms with van der Waals surface area (Å²) in [5.41, 5.74) is 7.72. The maximum Gasteiger partial charge on any atom is 0.214 e. The second kappa shape index (κ2) is 16.3. The molecule has 0 bridgehead atoms. The Morgan fingerprint density at radius 3 is 2.19 bits per heavy atom. The summed E-state index contributed by atoms with van der Waals surface area (Å²) < 4.78 is 30.1. The number of amides is 1. The fourth-order valence-electron chi connectivity index (χ4n) is 2.87. The maximum atomic E-state index is 12.2. The molecular weight excluding hydrogens is 398 g/mol. The number of ether oxygens (including phenoxy) is 1. The number of nitrogens with two attached hydrogens (primary N) is 1. The normalized spacial score (nSPS) is 13.6. The highest BCUT2D eigenvalue weighted by molar-refractivity contribution is 5.70. The second-order valence-corrected chi connectivity index (χ2v) is 7.10. The fraction of sp³-hybridized carbons (Fsp3) is 0.480. The van der Waals surface area contributed by atoms with E-state index in [0.717, 1.165) is 31.4 Å². The molecule has 0 spiro atoms. The van der Waals surface area contributed by atoms with E-state index < -0.39 is 11.6 Å². The summed E-state index contributed by atoms with van der Waals surface area (Å²) in [4.78, 5) is 9.22. The Morgan fingerprint density at radius 1 is 1.10 bits per heavy atom. The zero-order valence-electron chi connectivity index (χ0n) is 19.7. The molecular formula is C25H38F2N2O2. The summed E-state index contributed by atoms with van der Waals surface area (Å²) in [6.45, 7) is 13.3. The van der Waals surface area contributed by atoms with Crippen LogP contribution in [0, 0.1) is 25.5 Å². The van der Waals surface area contributed by atoms with Crippen LogP contribution in [-0.2, 0) is 4.79 Å². The van der Waals surface area contributed by atoms with Gasteiger partial charge in [0.25, 0.3) is 0 Å². The van der Waals surface area contributed by atoms with Crippen LogP contribution >= 0.6 is 0 Å². The number of hydrogen-bond acceptors (Lipinski definition) is 3. The van der Waals surface area contributed by atoms with Gasteiger partial charge in [-0.1, -0.05) is 44.9 Å². The van der Waals surface area contributed by atoms with E-state index in [1.807, 2.05) is 13.8 Å². The van der Waals surface area contributed by atoms with Gasteiger partial charge in [0.1, 0.15) is 17.4 Å². The summed E-state index contributed by atoms with van der Waals surface area (Å²) in [5, 5.41) is 3.63. The van der Waals surface area contributed by atoms with Crippen LogP contribution in [0.15, 0.2) is 36.4 Å². The lowest BCUT2D eigenvalue weighted by molar-refractivity contribution is -0.115. The summed E-state index contributed by atoms with van der Waals surface area (Å²) in [5.74, 6) is -0.314. The van der Waals surface area contributed by atoms with E-state index in [2.05, 4.69) is 43.1 Å². The Morgan fingerprint density at radius 2 is 1.68 bits per heavy atom. The van der Waals surface area contributed by atoms with Crippen LogP contribution in [0.1, 0.15) is 69.7 Å². The van der Waals surface area contributed by atoms with Gasteiger partial charge in [-0.15, -0.1) is 0 Å². The number of fused-ring (bicyclic) bond motifs is 1.